The SMILES string of the molecule is COc1cccc(-c2ccc3ncc(Br)n3n2)c1. The predicted octanol–water partition coefficient (Wildman–Crippen LogP) is 3.17. The van der Waals surface area contributed by atoms with E-state index in [9.17, 15) is 0 Å². The van der Waals surface area contributed by atoms with E-state index in [1.54, 1.807) is 17.8 Å². The first kappa shape index (κ1) is 11.2. The number of fused-ring (bicyclic) bond motifs is 1. The van der Waals surface area contributed by atoms with Crippen LogP contribution in [0.15, 0.2) is 47.2 Å². The van der Waals surface area contributed by atoms with Crippen LogP contribution in [-0.2, 0) is 0 Å². The highest BCUT2D eigenvalue weighted by Gasteiger charge is 2.05. The summed E-state index contributed by atoms with van der Waals surface area (Å²) in [5, 5.41) is 4.53. The van der Waals surface area contributed by atoms with Gasteiger partial charge in [0.05, 0.1) is 19.0 Å². The molecule has 90 valence electrons. The second-order valence-electron chi connectivity index (χ2n) is 3.80. The Kier molecular flexibility index (Phi) is 2.76. The van der Waals surface area contributed by atoms with E-state index in [4.69, 9.17) is 4.74 Å². The van der Waals surface area contributed by atoms with Crippen LogP contribution in [0.5, 0.6) is 5.75 Å². The summed E-state index contributed by atoms with van der Waals surface area (Å²) in [6.07, 6.45) is 1.73. The predicted molar refractivity (Wildman–Crippen MR) is 72.7 cm³/mol. The summed E-state index contributed by atoms with van der Waals surface area (Å²) < 4.78 is 7.81. The number of ether oxygens (including phenoxy) is 1. The minimum absolute atomic E-state index is 0.813. The van der Waals surface area contributed by atoms with Crippen LogP contribution in [0, 0.1) is 0 Å². The number of aromatic nitrogens is 3. The van der Waals surface area contributed by atoms with Crippen molar-refractivity contribution in [2.45, 2.75) is 0 Å². The largest absolute Gasteiger partial charge is 0.497 e. The average molecular weight is 304 g/mol. The van der Waals surface area contributed by atoms with Gasteiger partial charge in [-0.3, -0.25) is 0 Å². The van der Waals surface area contributed by atoms with E-state index >= 15 is 0 Å². The third-order valence-electron chi connectivity index (χ3n) is 2.69. The van der Waals surface area contributed by atoms with Gasteiger partial charge < -0.3 is 4.74 Å². The Labute approximate surface area is 112 Å². The van der Waals surface area contributed by atoms with Crippen molar-refractivity contribution in [3.8, 4) is 17.0 Å². The third kappa shape index (κ3) is 1.86. The molecule has 0 aliphatic heterocycles. The number of benzene rings is 1. The topological polar surface area (TPSA) is 39.4 Å². The summed E-state index contributed by atoms with van der Waals surface area (Å²) in [6, 6.07) is 11.7. The van der Waals surface area contributed by atoms with E-state index in [1.165, 1.54) is 0 Å². The van der Waals surface area contributed by atoms with E-state index in [0.29, 0.717) is 0 Å². The molecular formula is C13H10BrN3O. The Hall–Kier alpha value is -1.88. The van der Waals surface area contributed by atoms with Gasteiger partial charge in [-0.15, -0.1) is 0 Å². The maximum Gasteiger partial charge on any atom is 0.154 e. The number of halogens is 1. The van der Waals surface area contributed by atoms with Crippen LogP contribution in [0.1, 0.15) is 0 Å². The molecule has 0 saturated heterocycles. The van der Waals surface area contributed by atoms with Crippen LogP contribution in [0.25, 0.3) is 16.9 Å². The lowest BCUT2D eigenvalue weighted by Gasteiger charge is -2.04. The van der Waals surface area contributed by atoms with Gasteiger partial charge in [0, 0.05) is 5.56 Å². The number of rotatable bonds is 2. The number of hydrogen-bond donors (Lipinski definition) is 0. The van der Waals surface area contributed by atoms with Crippen molar-refractivity contribution in [1.29, 1.82) is 0 Å². The molecule has 2 aromatic heterocycles. The molecule has 3 aromatic rings. The average Bonchev–Trinajstić information content (AvgIpc) is 2.80. The molecule has 0 atom stereocenters. The van der Waals surface area contributed by atoms with Crippen LogP contribution in [0.4, 0.5) is 0 Å². The fourth-order valence-corrected chi connectivity index (χ4v) is 2.15. The quantitative estimate of drug-likeness (QED) is 0.730. The van der Waals surface area contributed by atoms with E-state index < -0.39 is 0 Å². The first-order valence-corrected chi connectivity index (χ1v) is 6.22. The van der Waals surface area contributed by atoms with Gasteiger partial charge in [0.1, 0.15) is 10.4 Å². The molecular weight excluding hydrogens is 294 g/mol. The standard InChI is InChI=1S/C13H10BrN3O/c1-18-10-4-2-3-9(7-10)11-5-6-13-15-8-12(14)17(13)16-11/h2-8H,1H3. The zero-order valence-corrected chi connectivity index (χ0v) is 11.3. The zero-order chi connectivity index (χ0) is 12.5. The Morgan fingerprint density at radius 2 is 2.11 bits per heavy atom. The summed E-state index contributed by atoms with van der Waals surface area (Å²) in [7, 11) is 1.65. The summed E-state index contributed by atoms with van der Waals surface area (Å²) >= 11 is 3.41. The minimum Gasteiger partial charge on any atom is -0.497 e. The molecule has 0 bridgehead atoms. The highest BCUT2D eigenvalue weighted by Crippen LogP contribution is 2.23. The minimum atomic E-state index is 0.813. The maximum absolute atomic E-state index is 5.22. The fourth-order valence-electron chi connectivity index (χ4n) is 1.78. The Balaban J connectivity index is 2.15. The molecule has 18 heavy (non-hydrogen) atoms. The summed E-state index contributed by atoms with van der Waals surface area (Å²) in [5.41, 5.74) is 2.70. The highest BCUT2D eigenvalue weighted by molar-refractivity contribution is 9.10. The molecule has 4 nitrogen and oxygen atoms in total. The Morgan fingerprint density at radius 3 is 2.94 bits per heavy atom. The lowest BCUT2D eigenvalue weighted by Crippen LogP contribution is -1.94. The smallest absolute Gasteiger partial charge is 0.154 e. The van der Waals surface area contributed by atoms with Gasteiger partial charge >= 0.3 is 0 Å². The Bertz CT molecular complexity index is 708. The van der Waals surface area contributed by atoms with Gasteiger partial charge in [0.2, 0.25) is 0 Å². The van der Waals surface area contributed by atoms with E-state index in [1.807, 2.05) is 36.4 Å². The molecule has 0 radical (unpaired) electrons. The van der Waals surface area contributed by atoms with Crippen molar-refractivity contribution < 1.29 is 4.74 Å². The van der Waals surface area contributed by atoms with Crippen molar-refractivity contribution in [2.75, 3.05) is 7.11 Å². The van der Waals surface area contributed by atoms with Crippen LogP contribution in [0.2, 0.25) is 0 Å². The lowest BCUT2D eigenvalue weighted by molar-refractivity contribution is 0.415. The van der Waals surface area contributed by atoms with E-state index in [2.05, 4.69) is 26.0 Å². The number of hydrogen-bond acceptors (Lipinski definition) is 3. The highest BCUT2D eigenvalue weighted by atomic mass is 79.9. The van der Waals surface area contributed by atoms with Crippen LogP contribution < -0.4 is 4.74 Å². The van der Waals surface area contributed by atoms with Gasteiger partial charge in [0.15, 0.2) is 5.65 Å². The molecule has 0 aliphatic rings. The molecule has 0 aliphatic carbocycles. The molecule has 0 unspecified atom stereocenters. The molecule has 3 rings (SSSR count). The molecule has 0 saturated carbocycles. The number of methoxy groups -OCH3 is 1. The van der Waals surface area contributed by atoms with Crippen molar-refractivity contribution >= 4 is 21.6 Å². The zero-order valence-electron chi connectivity index (χ0n) is 9.67. The fraction of sp³-hybridized carbons (Fsp3) is 0.0769. The molecule has 0 amide bonds. The lowest BCUT2D eigenvalue weighted by atomic mass is 10.1. The van der Waals surface area contributed by atoms with Crippen LogP contribution in [-0.4, -0.2) is 21.7 Å². The molecule has 0 spiro atoms. The van der Waals surface area contributed by atoms with Crippen molar-refractivity contribution in [3.63, 3.8) is 0 Å². The number of imidazole rings is 1. The van der Waals surface area contributed by atoms with Gasteiger partial charge in [-0.2, -0.15) is 5.10 Å². The second-order valence-corrected chi connectivity index (χ2v) is 4.61. The normalized spacial score (nSPS) is 10.8. The monoisotopic (exact) mass is 303 g/mol. The summed E-state index contributed by atoms with van der Waals surface area (Å²) in [6.45, 7) is 0. The van der Waals surface area contributed by atoms with E-state index in [-0.39, 0.29) is 0 Å². The van der Waals surface area contributed by atoms with Gasteiger partial charge in [-0.1, -0.05) is 12.1 Å². The molecule has 0 N–H and O–H groups in total. The molecule has 1 aromatic carbocycles. The van der Waals surface area contributed by atoms with Gasteiger partial charge in [-0.05, 0) is 40.2 Å². The first-order chi connectivity index (χ1) is 8.78. The van der Waals surface area contributed by atoms with Crippen LogP contribution in [0.3, 0.4) is 0 Å². The van der Waals surface area contributed by atoms with Crippen molar-refractivity contribution in [2.24, 2.45) is 0 Å². The molecule has 5 heteroatoms. The van der Waals surface area contributed by atoms with Crippen molar-refractivity contribution in [3.05, 3.63) is 47.2 Å². The maximum atomic E-state index is 5.22. The first-order valence-electron chi connectivity index (χ1n) is 5.42. The molecule has 0 fully saturated rings. The van der Waals surface area contributed by atoms with E-state index in [0.717, 1.165) is 27.3 Å². The van der Waals surface area contributed by atoms with Crippen molar-refractivity contribution in [1.82, 2.24) is 14.6 Å². The summed E-state index contributed by atoms with van der Waals surface area (Å²) in [4.78, 5) is 4.22. The third-order valence-corrected chi connectivity index (χ3v) is 3.23. The van der Waals surface area contributed by atoms with Gasteiger partial charge in [0.25, 0.3) is 0 Å². The molecule has 2 heterocycles. The summed E-state index contributed by atoms with van der Waals surface area (Å²) in [5.74, 6) is 0.819. The number of nitrogens with zero attached hydrogens (tertiary/aromatic N) is 3. The van der Waals surface area contributed by atoms with Crippen LogP contribution >= 0.6 is 15.9 Å². The second kappa shape index (κ2) is 4.42. The van der Waals surface area contributed by atoms with Gasteiger partial charge in [-0.25, -0.2) is 9.50 Å². The Morgan fingerprint density at radius 1 is 1.22 bits per heavy atom.